The Morgan fingerprint density at radius 1 is 0.917 bits per heavy atom. The third kappa shape index (κ3) is 2.09. The zero-order valence-electron chi connectivity index (χ0n) is 6.58. The highest BCUT2D eigenvalue weighted by Crippen LogP contribution is 2.18. The summed E-state index contributed by atoms with van der Waals surface area (Å²) in [7, 11) is 0. The summed E-state index contributed by atoms with van der Waals surface area (Å²) in [6.45, 7) is 1.50. The summed E-state index contributed by atoms with van der Waals surface area (Å²) in [6, 6.07) is 0. The van der Waals surface area contributed by atoms with E-state index in [0.29, 0.717) is 0 Å². The van der Waals surface area contributed by atoms with Gasteiger partial charge in [-0.3, -0.25) is 0 Å². The monoisotopic (exact) mass is 198 g/mol. The van der Waals surface area contributed by atoms with Gasteiger partial charge in [-0.05, 0) is 6.92 Å². The second kappa shape index (κ2) is 4.40. The summed E-state index contributed by atoms with van der Waals surface area (Å²) in [6.07, 6.45) is -5.99. The van der Waals surface area contributed by atoms with Gasteiger partial charge in [-0.2, -0.15) is 13.5 Å². The lowest BCUT2D eigenvalue weighted by Crippen LogP contribution is -2.56. The predicted octanol–water partition coefficient (Wildman–Crippen LogP) is -2.08. The molecule has 0 spiro atoms. The minimum Gasteiger partial charge on any atom is -0.388 e. The second-order valence-corrected chi connectivity index (χ2v) is 2.70. The van der Waals surface area contributed by atoms with E-state index in [1.807, 2.05) is 0 Å². The first kappa shape index (κ1) is 12.2. The Morgan fingerprint density at radius 2 is 1.42 bits per heavy atom. The van der Waals surface area contributed by atoms with E-state index in [1.54, 1.807) is 0 Å². The maximum absolute atomic E-state index is 9.09. The molecule has 1 fully saturated rings. The molecule has 0 radical (unpaired) electrons. The van der Waals surface area contributed by atoms with E-state index in [1.165, 1.54) is 6.92 Å². The molecule has 0 saturated carbocycles. The first-order valence-corrected chi connectivity index (χ1v) is 3.41. The van der Waals surface area contributed by atoms with Crippen LogP contribution in [-0.4, -0.2) is 51.1 Å². The standard InChI is InChI=1S/C6H12O5.H2S/c1-2-3(7)4(8)5(9)6(10)11-2;/h2-10H,1H3;1H2/t2-,3-,4+,5+,6?;/m0./s1. The maximum atomic E-state index is 9.09. The molecule has 0 aromatic carbocycles. The third-order valence-corrected chi connectivity index (χ3v) is 1.83. The lowest BCUT2D eigenvalue weighted by atomic mass is 10.0. The van der Waals surface area contributed by atoms with Gasteiger partial charge in [0.2, 0.25) is 0 Å². The van der Waals surface area contributed by atoms with Crippen LogP contribution in [0, 0.1) is 0 Å². The van der Waals surface area contributed by atoms with E-state index in [9.17, 15) is 0 Å². The Hall–Kier alpha value is 0.150. The molecule has 74 valence electrons. The van der Waals surface area contributed by atoms with Gasteiger partial charge >= 0.3 is 0 Å². The molecule has 0 amide bonds. The maximum Gasteiger partial charge on any atom is 0.183 e. The average molecular weight is 198 g/mol. The molecule has 0 aromatic rings. The molecular formula is C6H14O5S. The topological polar surface area (TPSA) is 90.2 Å². The number of aliphatic hydroxyl groups is 4. The van der Waals surface area contributed by atoms with Crippen LogP contribution < -0.4 is 0 Å². The molecule has 0 aliphatic carbocycles. The largest absolute Gasteiger partial charge is 0.388 e. The van der Waals surface area contributed by atoms with Gasteiger partial charge in [-0.25, -0.2) is 0 Å². The molecule has 6 heteroatoms. The van der Waals surface area contributed by atoms with Crippen molar-refractivity contribution in [3.63, 3.8) is 0 Å². The number of aliphatic hydroxyl groups excluding tert-OH is 4. The molecule has 1 aliphatic heterocycles. The molecule has 1 aliphatic rings. The summed E-state index contributed by atoms with van der Waals surface area (Å²) >= 11 is 0. The highest BCUT2D eigenvalue weighted by atomic mass is 32.1. The van der Waals surface area contributed by atoms with Crippen molar-refractivity contribution in [2.24, 2.45) is 0 Å². The Balaban J connectivity index is 0.00000121. The smallest absolute Gasteiger partial charge is 0.183 e. The van der Waals surface area contributed by atoms with Crippen molar-refractivity contribution in [3.05, 3.63) is 0 Å². The average Bonchev–Trinajstić information content (AvgIpc) is 1.97. The Morgan fingerprint density at radius 3 is 1.92 bits per heavy atom. The van der Waals surface area contributed by atoms with Gasteiger partial charge in [0.15, 0.2) is 6.29 Å². The molecule has 0 bridgehead atoms. The third-order valence-electron chi connectivity index (χ3n) is 1.83. The highest BCUT2D eigenvalue weighted by molar-refractivity contribution is 7.59. The van der Waals surface area contributed by atoms with Gasteiger partial charge in [0.05, 0.1) is 6.10 Å². The van der Waals surface area contributed by atoms with Crippen LogP contribution in [0.15, 0.2) is 0 Å². The highest BCUT2D eigenvalue weighted by Gasteiger charge is 2.40. The van der Waals surface area contributed by atoms with Crippen molar-refractivity contribution in [2.45, 2.75) is 37.6 Å². The van der Waals surface area contributed by atoms with E-state index in [2.05, 4.69) is 4.74 Å². The summed E-state index contributed by atoms with van der Waals surface area (Å²) < 4.78 is 4.68. The van der Waals surface area contributed by atoms with Crippen LogP contribution in [-0.2, 0) is 4.74 Å². The second-order valence-electron chi connectivity index (χ2n) is 2.70. The molecular weight excluding hydrogens is 184 g/mol. The molecule has 1 unspecified atom stereocenters. The van der Waals surface area contributed by atoms with Gasteiger partial charge < -0.3 is 25.2 Å². The van der Waals surface area contributed by atoms with Crippen LogP contribution in [0.5, 0.6) is 0 Å². The minimum atomic E-state index is -1.43. The van der Waals surface area contributed by atoms with Crippen LogP contribution in [0.2, 0.25) is 0 Å². The molecule has 1 heterocycles. The van der Waals surface area contributed by atoms with Crippen molar-refractivity contribution < 1.29 is 25.2 Å². The van der Waals surface area contributed by atoms with Crippen LogP contribution in [0.1, 0.15) is 6.92 Å². The minimum absolute atomic E-state index is 0. The van der Waals surface area contributed by atoms with Gasteiger partial charge in [0.1, 0.15) is 18.3 Å². The zero-order chi connectivity index (χ0) is 8.59. The molecule has 5 nitrogen and oxygen atoms in total. The molecule has 5 atom stereocenters. The van der Waals surface area contributed by atoms with E-state index in [-0.39, 0.29) is 13.5 Å². The SMILES string of the molecule is C[C@@H]1OC(O)[C@H](O)[C@H](O)[C@H]1O.S. The Bertz CT molecular complexity index is 130. The Kier molecular flexibility index (Phi) is 4.46. The molecule has 1 saturated heterocycles. The van der Waals surface area contributed by atoms with Gasteiger partial charge in [-0.1, -0.05) is 0 Å². The van der Waals surface area contributed by atoms with Crippen LogP contribution in [0.3, 0.4) is 0 Å². The van der Waals surface area contributed by atoms with E-state index < -0.39 is 30.7 Å². The van der Waals surface area contributed by atoms with Gasteiger partial charge in [-0.15, -0.1) is 0 Å². The van der Waals surface area contributed by atoms with E-state index in [4.69, 9.17) is 20.4 Å². The fraction of sp³-hybridized carbons (Fsp3) is 1.00. The van der Waals surface area contributed by atoms with E-state index >= 15 is 0 Å². The normalized spacial score (nSPS) is 48.2. The first-order valence-electron chi connectivity index (χ1n) is 3.41. The number of hydrogen-bond acceptors (Lipinski definition) is 5. The molecule has 4 N–H and O–H groups in total. The van der Waals surface area contributed by atoms with Crippen molar-refractivity contribution in [2.75, 3.05) is 0 Å². The number of rotatable bonds is 0. The fourth-order valence-electron chi connectivity index (χ4n) is 1.03. The number of hydrogen-bond donors (Lipinski definition) is 4. The number of ether oxygens (including phenoxy) is 1. The molecule has 12 heavy (non-hydrogen) atoms. The molecule has 0 aromatic heterocycles. The first-order chi connectivity index (χ1) is 5.04. The van der Waals surface area contributed by atoms with Crippen LogP contribution in [0.25, 0.3) is 0 Å². The van der Waals surface area contributed by atoms with Crippen molar-refractivity contribution in [1.29, 1.82) is 0 Å². The predicted molar refractivity (Wildman–Crippen MR) is 45.0 cm³/mol. The van der Waals surface area contributed by atoms with Gasteiger partial charge in [0.25, 0.3) is 0 Å². The quantitative estimate of drug-likeness (QED) is 0.359. The summed E-state index contributed by atoms with van der Waals surface area (Å²) in [5.74, 6) is 0. The summed E-state index contributed by atoms with van der Waals surface area (Å²) in [5, 5.41) is 36.0. The lowest BCUT2D eigenvalue weighted by molar-refractivity contribution is -0.277. The van der Waals surface area contributed by atoms with E-state index in [0.717, 1.165) is 0 Å². The van der Waals surface area contributed by atoms with Crippen molar-refractivity contribution >= 4 is 13.5 Å². The van der Waals surface area contributed by atoms with Crippen molar-refractivity contribution in [3.8, 4) is 0 Å². The van der Waals surface area contributed by atoms with Crippen LogP contribution in [0.4, 0.5) is 0 Å². The summed E-state index contributed by atoms with van der Waals surface area (Å²) in [4.78, 5) is 0. The van der Waals surface area contributed by atoms with Crippen LogP contribution >= 0.6 is 13.5 Å². The summed E-state index contributed by atoms with van der Waals surface area (Å²) in [5.41, 5.74) is 0. The Labute approximate surface area is 77.0 Å². The van der Waals surface area contributed by atoms with Crippen molar-refractivity contribution in [1.82, 2.24) is 0 Å². The molecule has 1 rings (SSSR count). The zero-order valence-corrected chi connectivity index (χ0v) is 7.58. The lowest BCUT2D eigenvalue weighted by Gasteiger charge is -2.36. The van der Waals surface area contributed by atoms with Gasteiger partial charge in [0, 0.05) is 0 Å². The fourth-order valence-corrected chi connectivity index (χ4v) is 1.03.